The lowest BCUT2D eigenvalue weighted by Crippen LogP contribution is -2.37. The molecule has 1 aliphatic carbocycles. The summed E-state index contributed by atoms with van der Waals surface area (Å²) in [5, 5.41) is 11.0. The first-order valence-electron chi connectivity index (χ1n) is 10.9. The normalized spacial score (nSPS) is 19.9. The second kappa shape index (κ2) is 9.72. The quantitative estimate of drug-likeness (QED) is 0.553. The van der Waals surface area contributed by atoms with Crippen molar-refractivity contribution < 1.29 is 4.79 Å². The van der Waals surface area contributed by atoms with E-state index in [1.807, 2.05) is 48.5 Å². The molecule has 5 nitrogen and oxygen atoms in total. The van der Waals surface area contributed by atoms with Crippen LogP contribution in [-0.4, -0.2) is 22.6 Å². The number of rotatable bonds is 7. The molecule has 1 unspecified atom stereocenters. The molecule has 1 amide bonds. The van der Waals surface area contributed by atoms with Gasteiger partial charge < -0.3 is 11.1 Å². The smallest absolute Gasteiger partial charge is 0.223 e. The predicted octanol–water partition coefficient (Wildman–Crippen LogP) is 4.24. The molecule has 1 aromatic heterocycles. The lowest BCUT2D eigenvalue weighted by molar-refractivity contribution is -0.127. The third-order valence-corrected chi connectivity index (χ3v) is 6.19. The van der Waals surface area contributed by atoms with Gasteiger partial charge in [-0.3, -0.25) is 9.89 Å². The molecule has 1 heterocycles. The number of aromatic amines is 1. The summed E-state index contributed by atoms with van der Waals surface area (Å²) < 4.78 is 0. The van der Waals surface area contributed by atoms with Gasteiger partial charge in [-0.25, -0.2) is 0 Å². The van der Waals surface area contributed by atoms with Crippen molar-refractivity contribution >= 4 is 5.91 Å². The highest BCUT2D eigenvalue weighted by atomic mass is 16.1. The highest BCUT2D eigenvalue weighted by molar-refractivity contribution is 5.79. The molecule has 0 radical (unpaired) electrons. The fourth-order valence-corrected chi connectivity index (χ4v) is 4.31. The fraction of sp³-hybridized carbons (Fsp3) is 0.360. The number of carbonyl (C=O) groups excluding carboxylic acids is 1. The van der Waals surface area contributed by atoms with Crippen LogP contribution in [0.4, 0.5) is 0 Å². The van der Waals surface area contributed by atoms with E-state index in [0.29, 0.717) is 5.92 Å². The Kier molecular flexibility index (Phi) is 6.60. The summed E-state index contributed by atoms with van der Waals surface area (Å²) in [6, 6.07) is 22.3. The van der Waals surface area contributed by atoms with Gasteiger partial charge in [0.1, 0.15) is 0 Å². The van der Waals surface area contributed by atoms with Crippen molar-refractivity contribution in [1.29, 1.82) is 0 Å². The summed E-state index contributed by atoms with van der Waals surface area (Å²) in [6.07, 6.45) is 4.65. The van der Waals surface area contributed by atoms with Gasteiger partial charge in [0.25, 0.3) is 0 Å². The SMILES string of the molecule is NCC1CCC(C(=O)NC(Cc2ccccc2)c2cc(-c3ccccc3)n[nH]2)CC1. The monoisotopic (exact) mass is 402 g/mol. The second-order valence-corrected chi connectivity index (χ2v) is 8.28. The van der Waals surface area contributed by atoms with Gasteiger partial charge >= 0.3 is 0 Å². The van der Waals surface area contributed by atoms with Crippen LogP contribution in [0.25, 0.3) is 11.3 Å². The molecule has 30 heavy (non-hydrogen) atoms. The summed E-state index contributed by atoms with van der Waals surface area (Å²) in [7, 11) is 0. The maximum Gasteiger partial charge on any atom is 0.223 e. The average Bonchev–Trinajstić information content (AvgIpc) is 3.30. The molecule has 1 aliphatic rings. The van der Waals surface area contributed by atoms with Crippen LogP contribution >= 0.6 is 0 Å². The van der Waals surface area contributed by atoms with Gasteiger partial charge in [0.05, 0.1) is 17.4 Å². The van der Waals surface area contributed by atoms with E-state index in [2.05, 4.69) is 33.7 Å². The van der Waals surface area contributed by atoms with E-state index in [1.54, 1.807) is 0 Å². The van der Waals surface area contributed by atoms with Crippen molar-refractivity contribution in [3.63, 3.8) is 0 Å². The number of nitrogens with zero attached hydrogens (tertiary/aromatic N) is 1. The van der Waals surface area contributed by atoms with Crippen LogP contribution in [0, 0.1) is 11.8 Å². The topological polar surface area (TPSA) is 83.8 Å². The van der Waals surface area contributed by atoms with Crippen LogP contribution in [0.2, 0.25) is 0 Å². The number of amides is 1. The van der Waals surface area contributed by atoms with Crippen molar-refractivity contribution in [1.82, 2.24) is 15.5 Å². The Morgan fingerprint density at radius 3 is 2.37 bits per heavy atom. The van der Waals surface area contributed by atoms with Gasteiger partial charge in [-0.2, -0.15) is 5.10 Å². The Labute approximate surface area is 178 Å². The van der Waals surface area contributed by atoms with Crippen molar-refractivity contribution in [3.8, 4) is 11.3 Å². The minimum Gasteiger partial charge on any atom is -0.347 e. The van der Waals surface area contributed by atoms with Crippen molar-refractivity contribution in [2.45, 2.75) is 38.1 Å². The Bertz CT molecular complexity index is 930. The molecular formula is C25H30N4O. The van der Waals surface area contributed by atoms with Gasteiger partial charge in [0.15, 0.2) is 0 Å². The standard InChI is InChI=1S/C25H30N4O/c26-17-19-11-13-21(14-12-19)25(30)27-23(15-18-7-3-1-4-8-18)24-16-22(28-29-24)20-9-5-2-6-10-20/h1-10,16,19,21,23H,11-15,17,26H2,(H,27,30)(H,28,29). The zero-order valence-corrected chi connectivity index (χ0v) is 17.3. The number of aromatic nitrogens is 2. The van der Waals surface area contributed by atoms with E-state index in [9.17, 15) is 4.79 Å². The van der Waals surface area contributed by atoms with Crippen LogP contribution in [0.15, 0.2) is 66.7 Å². The Morgan fingerprint density at radius 2 is 1.70 bits per heavy atom. The Hall–Kier alpha value is -2.92. The van der Waals surface area contributed by atoms with E-state index >= 15 is 0 Å². The van der Waals surface area contributed by atoms with E-state index in [0.717, 1.165) is 55.6 Å². The highest BCUT2D eigenvalue weighted by Crippen LogP contribution is 2.29. The van der Waals surface area contributed by atoms with Gasteiger partial charge in [-0.05, 0) is 56.2 Å². The number of hydrogen-bond donors (Lipinski definition) is 3. The Balaban J connectivity index is 1.51. The molecule has 4 rings (SSSR count). The van der Waals surface area contributed by atoms with E-state index in [1.165, 1.54) is 5.56 Å². The molecule has 0 saturated heterocycles. The molecule has 0 bridgehead atoms. The molecule has 4 N–H and O–H groups in total. The first-order valence-corrected chi connectivity index (χ1v) is 10.9. The number of nitrogens with two attached hydrogens (primary N) is 1. The zero-order chi connectivity index (χ0) is 20.8. The molecule has 3 aromatic rings. The molecular weight excluding hydrogens is 372 g/mol. The lowest BCUT2D eigenvalue weighted by atomic mass is 9.81. The minimum atomic E-state index is -0.142. The molecule has 0 spiro atoms. The molecule has 1 atom stereocenters. The summed E-state index contributed by atoms with van der Waals surface area (Å²) in [5.41, 5.74) is 9.87. The maximum atomic E-state index is 13.1. The molecule has 2 aromatic carbocycles. The van der Waals surface area contributed by atoms with Gasteiger partial charge in [0, 0.05) is 11.5 Å². The summed E-state index contributed by atoms with van der Waals surface area (Å²) in [4.78, 5) is 13.1. The average molecular weight is 403 g/mol. The zero-order valence-electron chi connectivity index (χ0n) is 17.3. The molecule has 1 fully saturated rings. The third kappa shape index (κ3) is 4.97. The first-order chi connectivity index (χ1) is 14.7. The van der Waals surface area contributed by atoms with Crippen LogP contribution in [0.3, 0.4) is 0 Å². The summed E-state index contributed by atoms with van der Waals surface area (Å²) in [5.74, 6) is 0.778. The number of benzene rings is 2. The Morgan fingerprint density at radius 1 is 1.03 bits per heavy atom. The van der Waals surface area contributed by atoms with Gasteiger partial charge in [0.2, 0.25) is 5.91 Å². The molecule has 1 saturated carbocycles. The first kappa shape index (κ1) is 20.4. The summed E-state index contributed by atoms with van der Waals surface area (Å²) in [6.45, 7) is 0.724. The summed E-state index contributed by atoms with van der Waals surface area (Å²) >= 11 is 0. The molecule has 5 heteroatoms. The predicted molar refractivity (Wildman–Crippen MR) is 120 cm³/mol. The highest BCUT2D eigenvalue weighted by Gasteiger charge is 2.28. The lowest BCUT2D eigenvalue weighted by Gasteiger charge is -2.28. The third-order valence-electron chi connectivity index (χ3n) is 6.19. The molecule has 0 aliphatic heterocycles. The molecule has 156 valence electrons. The maximum absolute atomic E-state index is 13.1. The van der Waals surface area contributed by atoms with Gasteiger partial charge in [-0.15, -0.1) is 0 Å². The van der Waals surface area contributed by atoms with Crippen LogP contribution < -0.4 is 11.1 Å². The number of carbonyl (C=O) groups is 1. The van der Waals surface area contributed by atoms with Crippen LogP contribution in [0.5, 0.6) is 0 Å². The second-order valence-electron chi connectivity index (χ2n) is 8.28. The van der Waals surface area contributed by atoms with E-state index < -0.39 is 0 Å². The van der Waals surface area contributed by atoms with Gasteiger partial charge in [-0.1, -0.05) is 60.7 Å². The van der Waals surface area contributed by atoms with Crippen molar-refractivity contribution in [3.05, 3.63) is 78.0 Å². The van der Waals surface area contributed by atoms with Crippen LogP contribution in [-0.2, 0) is 11.2 Å². The van der Waals surface area contributed by atoms with E-state index in [-0.39, 0.29) is 17.9 Å². The van der Waals surface area contributed by atoms with Crippen molar-refractivity contribution in [2.75, 3.05) is 6.54 Å². The minimum absolute atomic E-state index is 0.0718. The number of H-pyrrole nitrogens is 1. The number of nitrogens with one attached hydrogen (secondary N) is 2. The largest absolute Gasteiger partial charge is 0.347 e. The fourth-order valence-electron chi connectivity index (χ4n) is 4.31. The van der Waals surface area contributed by atoms with E-state index in [4.69, 9.17) is 5.73 Å². The van der Waals surface area contributed by atoms with Crippen molar-refractivity contribution in [2.24, 2.45) is 17.6 Å². The van der Waals surface area contributed by atoms with Crippen LogP contribution in [0.1, 0.15) is 43.0 Å². The number of hydrogen-bond acceptors (Lipinski definition) is 3.